The van der Waals surface area contributed by atoms with Gasteiger partial charge in [0.25, 0.3) is 10.0 Å². The van der Waals surface area contributed by atoms with Crippen molar-refractivity contribution in [1.29, 1.82) is 0 Å². The Morgan fingerprint density at radius 3 is 2.42 bits per heavy atom. The highest BCUT2D eigenvalue weighted by Crippen LogP contribution is 2.25. The van der Waals surface area contributed by atoms with E-state index in [1.165, 1.54) is 18.5 Å². The number of aryl methyl sites for hydroxylation is 1. The molecule has 0 saturated heterocycles. The van der Waals surface area contributed by atoms with Crippen LogP contribution < -0.4 is 9.62 Å². The van der Waals surface area contributed by atoms with Crippen molar-refractivity contribution in [1.82, 2.24) is 4.98 Å². The molecule has 1 heterocycles. The van der Waals surface area contributed by atoms with E-state index in [4.69, 9.17) is 0 Å². The van der Waals surface area contributed by atoms with E-state index in [-0.39, 0.29) is 11.4 Å². The molecule has 0 aliphatic rings. The number of aromatic nitrogens is 1. The molecule has 0 bridgehead atoms. The SMILES string of the molecule is Cc1ccc(N(CC(=O)Nc2cccc3ccccc23)S(=O)(=O)c2cccnc2)cc1. The number of carbonyl (C=O) groups is 1. The number of amides is 1. The van der Waals surface area contributed by atoms with Gasteiger partial charge in [-0.1, -0.05) is 54.1 Å². The zero-order chi connectivity index (χ0) is 21.8. The Bertz CT molecular complexity index is 1320. The number of nitrogens with zero attached hydrogens (tertiary/aromatic N) is 2. The van der Waals surface area contributed by atoms with Crippen molar-refractivity contribution in [3.05, 3.63) is 96.8 Å². The number of hydrogen-bond donors (Lipinski definition) is 1. The maximum Gasteiger partial charge on any atom is 0.266 e. The van der Waals surface area contributed by atoms with Crippen LogP contribution in [0.4, 0.5) is 11.4 Å². The van der Waals surface area contributed by atoms with Gasteiger partial charge in [0, 0.05) is 23.5 Å². The van der Waals surface area contributed by atoms with E-state index in [1.54, 1.807) is 24.3 Å². The van der Waals surface area contributed by atoms with E-state index in [2.05, 4.69) is 10.3 Å². The quantitative estimate of drug-likeness (QED) is 0.491. The summed E-state index contributed by atoms with van der Waals surface area (Å²) in [6.45, 7) is 1.54. The van der Waals surface area contributed by atoms with Crippen LogP contribution in [0.25, 0.3) is 10.8 Å². The van der Waals surface area contributed by atoms with Crippen LogP contribution in [0, 0.1) is 6.92 Å². The second kappa shape index (κ2) is 8.57. The predicted octanol–water partition coefficient (Wildman–Crippen LogP) is 4.38. The minimum absolute atomic E-state index is 0.0218. The summed E-state index contributed by atoms with van der Waals surface area (Å²) < 4.78 is 27.7. The molecule has 0 aliphatic heterocycles. The summed E-state index contributed by atoms with van der Waals surface area (Å²) in [4.78, 5) is 16.9. The zero-order valence-electron chi connectivity index (χ0n) is 16.9. The first-order valence-electron chi connectivity index (χ1n) is 9.72. The number of benzene rings is 3. The Morgan fingerprint density at radius 2 is 1.68 bits per heavy atom. The molecule has 4 aromatic rings. The van der Waals surface area contributed by atoms with E-state index >= 15 is 0 Å². The van der Waals surface area contributed by atoms with E-state index in [0.717, 1.165) is 20.6 Å². The maximum absolute atomic E-state index is 13.3. The van der Waals surface area contributed by atoms with Gasteiger partial charge in [0.05, 0.1) is 5.69 Å². The van der Waals surface area contributed by atoms with Crippen molar-refractivity contribution < 1.29 is 13.2 Å². The molecule has 0 aliphatic carbocycles. The first-order valence-corrected chi connectivity index (χ1v) is 11.2. The van der Waals surface area contributed by atoms with Gasteiger partial charge in [-0.2, -0.15) is 0 Å². The highest BCUT2D eigenvalue weighted by molar-refractivity contribution is 7.92. The molecule has 4 rings (SSSR count). The standard InChI is InChI=1S/C24H21N3O3S/c1-18-11-13-20(14-12-18)27(31(29,30)21-8-5-15-25-16-21)17-24(28)26-23-10-4-7-19-6-2-3-9-22(19)23/h2-16H,17H2,1H3,(H,26,28). The molecule has 0 saturated carbocycles. The van der Waals surface area contributed by atoms with Crippen LogP contribution in [-0.2, 0) is 14.8 Å². The summed E-state index contributed by atoms with van der Waals surface area (Å²) >= 11 is 0. The minimum atomic E-state index is -3.99. The summed E-state index contributed by atoms with van der Waals surface area (Å²) in [5.41, 5.74) is 2.02. The monoisotopic (exact) mass is 431 g/mol. The smallest absolute Gasteiger partial charge is 0.266 e. The maximum atomic E-state index is 13.3. The van der Waals surface area contributed by atoms with Crippen molar-refractivity contribution in [3.63, 3.8) is 0 Å². The Labute approximate surface area is 181 Å². The molecule has 1 N–H and O–H groups in total. The summed E-state index contributed by atoms with van der Waals surface area (Å²) in [6.07, 6.45) is 2.78. The topological polar surface area (TPSA) is 79.4 Å². The fraction of sp³-hybridized carbons (Fsp3) is 0.0833. The molecular formula is C24H21N3O3S. The summed E-state index contributed by atoms with van der Waals surface area (Å²) in [6, 6.07) is 23.3. The average molecular weight is 432 g/mol. The van der Waals surface area contributed by atoms with Gasteiger partial charge >= 0.3 is 0 Å². The van der Waals surface area contributed by atoms with Gasteiger partial charge in [0.15, 0.2) is 0 Å². The van der Waals surface area contributed by atoms with Gasteiger partial charge in [0.2, 0.25) is 5.91 Å². The van der Waals surface area contributed by atoms with E-state index in [1.807, 2.05) is 55.5 Å². The average Bonchev–Trinajstić information content (AvgIpc) is 2.79. The summed E-state index contributed by atoms with van der Waals surface area (Å²) in [5.74, 6) is -0.440. The lowest BCUT2D eigenvalue weighted by Crippen LogP contribution is -2.38. The second-order valence-corrected chi connectivity index (χ2v) is 8.97. The van der Waals surface area contributed by atoms with Crippen LogP contribution in [0.3, 0.4) is 0 Å². The third-order valence-electron chi connectivity index (χ3n) is 4.90. The van der Waals surface area contributed by atoms with Gasteiger partial charge in [-0.05, 0) is 42.6 Å². The fourth-order valence-corrected chi connectivity index (χ4v) is 4.69. The number of rotatable bonds is 6. The molecule has 7 heteroatoms. The van der Waals surface area contributed by atoms with Crippen LogP contribution in [-0.4, -0.2) is 25.9 Å². The summed E-state index contributed by atoms with van der Waals surface area (Å²) in [7, 11) is -3.99. The lowest BCUT2D eigenvalue weighted by atomic mass is 10.1. The first kappa shape index (κ1) is 20.6. The zero-order valence-corrected chi connectivity index (χ0v) is 17.7. The van der Waals surface area contributed by atoms with Gasteiger partial charge in [0.1, 0.15) is 11.4 Å². The van der Waals surface area contributed by atoms with Crippen molar-refractivity contribution >= 4 is 38.1 Å². The normalized spacial score (nSPS) is 11.3. The molecule has 156 valence electrons. The Hall–Kier alpha value is -3.71. The molecule has 6 nitrogen and oxygen atoms in total. The highest BCUT2D eigenvalue weighted by Gasteiger charge is 2.27. The van der Waals surface area contributed by atoms with Crippen molar-refractivity contribution in [2.45, 2.75) is 11.8 Å². The number of hydrogen-bond acceptors (Lipinski definition) is 4. The number of anilines is 2. The van der Waals surface area contributed by atoms with Crippen LogP contribution >= 0.6 is 0 Å². The van der Waals surface area contributed by atoms with E-state index < -0.39 is 15.9 Å². The van der Waals surface area contributed by atoms with Gasteiger partial charge < -0.3 is 5.32 Å². The number of fused-ring (bicyclic) bond motifs is 1. The molecule has 0 radical (unpaired) electrons. The van der Waals surface area contributed by atoms with Gasteiger partial charge in [-0.3, -0.25) is 14.1 Å². The fourth-order valence-electron chi connectivity index (χ4n) is 3.31. The lowest BCUT2D eigenvalue weighted by Gasteiger charge is -2.24. The summed E-state index contributed by atoms with van der Waals surface area (Å²) in [5, 5.41) is 4.73. The van der Waals surface area contributed by atoms with Crippen LogP contribution in [0.1, 0.15) is 5.56 Å². The van der Waals surface area contributed by atoms with Crippen LogP contribution in [0.2, 0.25) is 0 Å². The second-order valence-electron chi connectivity index (χ2n) is 7.11. The largest absolute Gasteiger partial charge is 0.324 e. The predicted molar refractivity (Wildman–Crippen MR) is 123 cm³/mol. The van der Waals surface area contributed by atoms with Crippen LogP contribution in [0.5, 0.6) is 0 Å². The van der Waals surface area contributed by atoms with Crippen LogP contribution in [0.15, 0.2) is 96.2 Å². The third-order valence-corrected chi connectivity index (χ3v) is 6.65. The third kappa shape index (κ3) is 4.41. The number of nitrogens with one attached hydrogen (secondary N) is 1. The Balaban J connectivity index is 1.67. The molecule has 0 fully saturated rings. The van der Waals surface area contributed by atoms with Crippen molar-refractivity contribution in [2.75, 3.05) is 16.2 Å². The number of pyridine rings is 1. The molecule has 0 atom stereocenters. The Morgan fingerprint density at radius 1 is 0.935 bits per heavy atom. The number of sulfonamides is 1. The number of carbonyl (C=O) groups excluding carboxylic acids is 1. The molecule has 0 spiro atoms. The van der Waals surface area contributed by atoms with E-state index in [9.17, 15) is 13.2 Å². The Kier molecular flexibility index (Phi) is 5.68. The van der Waals surface area contributed by atoms with Crippen molar-refractivity contribution in [3.8, 4) is 0 Å². The molecule has 3 aromatic carbocycles. The molecule has 1 aromatic heterocycles. The van der Waals surface area contributed by atoms with Gasteiger partial charge in [-0.25, -0.2) is 8.42 Å². The molecular weight excluding hydrogens is 410 g/mol. The molecule has 0 unspecified atom stereocenters. The van der Waals surface area contributed by atoms with Crippen molar-refractivity contribution in [2.24, 2.45) is 0 Å². The first-order chi connectivity index (χ1) is 14.9. The molecule has 31 heavy (non-hydrogen) atoms. The highest BCUT2D eigenvalue weighted by atomic mass is 32.2. The minimum Gasteiger partial charge on any atom is -0.324 e. The van der Waals surface area contributed by atoms with E-state index in [0.29, 0.717) is 11.4 Å². The van der Waals surface area contributed by atoms with Gasteiger partial charge in [-0.15, -0.1) is 0 Å². The lowest BCUT2D eigenvalue weighted by molar-refractivity contribution is -0.114. The molecule has 1 amide bonds.